The molecule has 0 aliphatic heterocycles. The quantitative estimate of drug-likeness (QED) is 0.750. The Kier molecular flexibility index (Phi) is 5.14. The number of hydrogen-bond donors (Lipinski definition) is 3. The third-order valence-electron chi connectivity index (χ3n) is 3.95. The maximum Gasteiger partial charge on any atom is 0.333 e. The van der Waals surface area contributed by atoms with Crippen LogP contribution in [0.1, 0.15) is 27.8 Å². The highest BCUT2D eigenvalue weighted by molar-refractivity contribution is 7.89. The predicted octanol–water partition coefficient (Wildman–Crippen LogP) is 0.953. The van der Waals surface area contributed by atoms with Crippen molar-refractivity contribution in [2.75, 3.05) is 6.54 Å². The summed E-state index contributed by atoms with van der Waals surface area (Å²) in [6, 6.07) is 0. The molecule has 1 atom stereocenters. The Balaban J connectivity index is 3.30. The largest absolute Gasteiger partial charge is 0.479 e. The number of hydrogen-bond acceptors (Lipinski definition) is 4. The molecule has 3 N–H and O–H groups in total. The van der Waals surface area contributed by atoms with Crippen LogP contribution in [0.15, 0.2) is 4.90 Å². The van der Waals surface area contributed by atoms with E-state index in [0.29, 0.717) is 11.1 Å². The van der Waals surface area contributed by atoms with E-state index in [0.717, 1.165) is 16.7 Å². The van der Waals surface area contributed by atoms with Crippen LogP contribution in [0.2, 0.25) is 0 Å². The third-order valence-corrected chi connectivity index (χ3v) is 5.65. The van der Waals surface area contributed by atoms with Crippen LogP contribution in [-0.4, -0.2) is 37.2 Å². The fourth-order valence-electron chi connectivity index (χ4n) is 2.22. The Morgan fingerprint density at radius 2 is 1.38 bits per heavy atom. The lowest BCUT2D eigenvalue weighted by Crippen LogP contribution is -2.37. The van der Waals surface area contributed by atoms with Gasteiger partial charge in [0.05, 0.1) is 4.90 Å². The molecule has 6 nitrogen and oxygen atoms in total. The van der Waals surface area contributed by atoms with Crippen molar-refractivity contribution in [1.82, 2.24) is 4.72 Å². The Morgan fingerprint density at radius 1 is 1.00 bits per heavy atom. The standard InChI is InChI=1S/C14H21NO5S/c1-7-8(2)10(4)13(11(5)9(7)3)21(19,20)15-6-12(16)14(17)18/h12,15-16H,6H2,1-5H3,(H,17,18). The number of rotatable bonds is 5. The van der Waals surface area contributed by atoms with Crippen molar-refractivity contribution in [1.29, 1.82) is 0 Å². The molecular weight excluding hydrogens is 294 g/mol. The highest BCUT2D eigenvalue weighted by atomic mass is 32.2. The lowest BCUT2D eigenvalue weighted by atomic mass is 9.95. The van der Waals surface area contributed by atoms with Crippen molar-refractivity contribution in [3.8, 4) is 0 Å². The molecule has 0 saturated heterocycles. The molecule has 0 saturated carbocycles. The minimum atomic E-state index is -3.89. The number of carboxylic acids is 1. The zero-order valence-electron chi connectivity index (χ0n) is 12.8. The van der Waals surface area contributed by atoms with E-state index in [1.807, 2.05) is 20.8 Å². The summed E-state index contributed by atoms with van der Waals surface area (Å²) in [4.78, 5) is 10.7. The molecule has 118 valence electrons. The predicted molar refractivity (Wildman–Crippen MR) is 79.0 cm³/mol. The molecule has 1 aromatic carbocycles. The molecule has 0 aliphatic carbocycles. The van der Waals surface area contributed by atoms with Gasteiger partial charge in [-0.1, -0.05) is 0 Å². The summed E-state index contributed by atoms with van der Waals surface area (Å²) in [6.07, 6.45) is -1.77. The van der Waals surface area contributed by atoms with Gasteiger partial charge < -0.3 is 10.2 Å². The van der Waals surface area contributed by atoms with E-state index >= 15 is 0 Å². The second-order valence-electron chi connectivity index (χ2n) is 5.16. The van der Waals surface area contributed by atoms with Crippen LogP contribution in [0.25, 0.3) is 0 Å². The van der Waals surface area contributed by atoms with E-state index in [2.05, 4.69) is 4.72 Å². The SMILES string of the molecule is Cc1c(C)c(C)c(S(=O)(=O)NCC(O)C(=O)O)c(C)c1C. The average Bonchev–Trinajstić information content (AvgIpc) is 2.40. The molecule has 0 spiro atoms. The van der Waals surface area contributed by atoms with Gasteiger partial charge in [-0.2, -0.15) is 0 Å². The molecule has 0 amide bonds. The summed E-state index contributed by atoms with van der Waals surface area (Å²) < 4.78 is 27.0. The van der Waals surface area contributed by atoms with Crippen molar-refractivity contribution < 1.29 is 23.4 Å². The smallest absolute Gasteiger partial charge is 0.333 e. The van der Waals surface area contributed by atoms with Crippen LogP contribution in [0, 0.1) is 34.6 Å². The van der Waals surface area contributed by atoms with Gasteiger partial charge in [0.2, 0.25) is 10.0 Å². The molecule has 1 aromatic rings. The van der Waals surface area contributed by atoms with Crippen LogP contribution in [-0.2, 0) is 14.8 Å². The fourth-order valence-corrected chi connectivity index (χ4v) is 3.85. The summed E-state index contributed by atoms with van der Waals surface area (Å²) in [5.74, 6) is -1.47. The number of nitrogens with one attached hydrogen (secondary N) is 1. The maximum atomic E-state index is 12.4. The average molecular weight is 315 g/mol. The van der Waals surface area contributed by atoms with E-state index in [9.17, 15) is 18.3 Å². The first kappa shape index (κ1) is 17.6. The highest BCUT2D eigenvalue weighted by Crippen LogP contribution is 2.29. The fraction of sp³-hybridized carbons (Fsp3) is 0.500. The van der Waals surface area contributed by atoms with Gasteiger partial charge >= 0.3 is 5.97 Å². The van der Waals surface area contributed by atoms with Crippen LogP contribution in [0.5, 0.6) is 0 Å². The van der Waals surface area contributed by atoms with Crippen molar-refractivity contribution in [2.45, 2.75) is 45.6 Å². The van der Waals surface area contributed by atoms with Crippen LogP contribution < -0.4 is 4.72 Å². The van der Waals surface area contributed by atoms with Gasteiger partial charge in [0, 0.05) is 6.54 Å². The summed E-state index contributed by atoms with van der Waals surface area (Å²) in [7, 11) is -3.89. The Hall–Kier alpha value is -1.44. The van der Waals surface area contributed by atoms with E-state index in [-0.39, 0.29) is 4.90 Å². The first-order valence-electron chi connectivity index (χ1n) is 6.48. The van der Waals surface area contributed by atoms with Crippen LogP contribution in [0.4, 0.5) is 0 Å². The lowest BCUT2D eigenvalue weighted by Gasteiger charge is -2.19. The molecule has 7 heteroatoms. The molecule has 1 rings (SSSR count). The van der Waals surface area contributed by atoms with Gasteiger partial charge in [-0.15, -0.1) is 0 Å². The summed E-state index contributed by atoms with van der Waals surface area (Å²) >= 11 is 0. The Bertz CT molecular complexity index is 650. The van der Waals surface area contributed by atoms with Crippen LogP contribution >= 0.6 is 0 Å². The number of aliphatic hydroxyl groups is 1. The summed E-state index contributed by atoms with van der Waals surface area (Å²) in [5.41, 5.74) is 4.07. The molecule has 0 aliphatic rings. The second-order valence-corrected chi connectivity index (χ2v) is 6.86. The topological polar surface area (TPSA) is 104 Å². The highest BCUT2D eigenvalue weighted by Gasteiger charge is 2.25. The first-order valence-corrected chi connectivity index (χ1v) is 7.96. The van der Waals surface area contributed by atoms with Crippen molar-refractivity contribution in [3.05, 3.63) is 27.8 Å². The molecule has 1 unspecified atom stereocenters. The van der Waals surface area contributed by atoms with Gasteiger partial charge in [0.15, 0.2) is 6.10 Å². The Morgan fingerprint density at radius 3 is 1.76 bits per heavy atom. The van der Waals surface area contributed by atoms with Gasteiger partial charge in [-0.05, 0) is 62.4 Å². The van der Waals surface area contributed by atoms with Gasteiger partial charge in [0.25, 0.3) is 0 Å². The lowest BCUT2D eigenvalue weighted by molar-refractivity contribution is -0.146. The number of aliphatic hydroxyl groups excluding tert-OH is 1. The minimum absolute atomic E-state index is 0.153. The van der Waals surface area contributed by atoms with Gasteiger partial charge in [0.1, 0.15) is 0 Å². The molecule has 0 heterocycles. The van der Waals surface area contributed by atoms with Crippen molar-refractivity contribution in [3.63, 3.8) is 0 Å². The zero-order chi connectivity index (χ0) is 16.5. The minimum Gasteiger partial charge on any atom is -0.479 e. The van der Waals surface area contributed by atoms with E-state index in [1.54, 1.807) is 13.8 Å². The summed E-state index contributed by atoms with van der Waals surface area (Å²) in [6.45, 7) is 8.50. The second kappa shape index (κ2) is 6.13. The van der Waals surface area contributed by atoms with Gasteiger partial charge in [-0.3, -0.25) is 0 Å². The van der Waals surface area contributed by atoms with Crippen LogP contribution in [0.3, 0.4) is 0 Å². The molecular formula is C14H21NO5S. The molecule has 0 fully saturated rings. The number of carboxylic acid groups (broad SMARTS) is 1. The maximum absolute atomic E-state index is 12.4. The third kappa shape index (κ3) is 3.42. The Labute approximate surface area is 124 Å². The number of sulfonamides is 1. The molecule has 0 radical (unpaired) electrons. The van der Waals surface area contributed by atoms with E-state index in [4.69, 9.17) is 5.11 Å². The van der Waals surface area contributed by atoms with Gasteiger partial charge in [-0.25, -0.2) is 17.9 Å². The number of aliphatic carboxylic acids is 1. The molecule has 0 bridgehead atoms. The number of carbonyl (C=O) groups is 1. The van der Waals surface area contributed by atoms with Crippen molar-refractivity contribution in [2.24, 2.45) is 0 Å². The van der Waals surface area contributed by atoms with E-state index < -0.39 is 28.6 Å². The molecule has 21 heavy (non-hydrogen) atoms. The zero-order valence-corrected chi connectivity index (χ0v) is 13.6. The van der Waals surface area contributed by atoms with E-state index in [1.165, 1.54) is 0 Å². The molecule has 0 aromatic heterocycles. The van der Waals surface area contributed by atoms with Crippen molar-refractivity contribution >= 4 is 16.0 Å². The normalized spacial score (nSPS) is 13.2. The first-order chi connectivity index (χ1) is 9.50. The summed E-state index contributed by atoms with van der Waals surface area (Å²) in [5, 5.41) is 17.8. The monoisotopic (exact) mass is 315 g/mol. The number of benzene rings is 1.